The van der Waals surface area contributed by atoms with Gasteiger partial charge in [0.2, 0.25) is 11.8 Å². The molecule has 9 heteroatoms. The summed E-state index contributed by atoms with van der Waals surface area (Å²) in [6.45, 7) is 2.95. The lowest BCUT2D eigenvalue weighted by atomic mass is 10.2. The fourth-order valence-electron chi connectivity index (χ4n) is 2.79. The van der Waals surface area contributed by atoms with E-state index in [0.717, 1.165) is 0 Å². The van der Waals surface area contributed by atoms with Gasteiger partial charge in [0.1, 0.15) is 5.75 Å². The van der Waals surface area contributed by atoms with E-state index >= 15 is 0 Å². The Morgan fingerprint density at radius 3 is 2.29 bits per heavy atom. The summed E-state index contributed by atoms with van der Waals surface area (Å²) >= 11 is 0. The van der Waals surface area contributed by atoms with Crippen molar-refractivity contribution in [3.05, 3.63) is 24.3 Å². The van der Waals surface area contributed by atoms with Crippen LogP contribution in [0.15, 0.2) is 24.3 Å². The molecule has 0 saturated carbocycles. The van der Waals surface area contributed by atoms with Gasteiger partial charge in [0.15, 0.2) is 6.61 Å². The maximum atomic E-state index is 12.2. The van der Waals surface area contributed by atoms with Gasteiger partial charge in [-0.15, -0.1) is 0 Å². The first-order valence-corrected chi connectivity index (χ1v) is 9.02. The molecule has 1 aliphatic rings. The number of esters is 1. The number of carbonyl (C=O) groups excluding carboxylic acids is 4. The van der Waals surface area contributed by atoms with Crippen molar-refractivity contribution in [2.45, 2.75) is 19.8 Å². The van der Waals surface area contributed by atoms with Crippen molar-refractivity contribution in [3.8, 4) is 5.75 Å². The van der Waals surface area contributed by atoms with Crippen LogP contribution < -0.4 is 10.1 Å². The topological polar surface area (TPSA) is 105 Å². The molecular formula is C19H25N3O6. The molecule has 1 aromatic carbocycles. The molecule has 1 N–H and O–H groups in total. The van der Waals surface area contributed by atoms with Crippen LogP contribution in [-0.2, 0) is 23.9 Å². The fraction of sp³-hybridized carbons (Fsp3) is 0.474. The summed E-state index contributed by atoms with van der Waals surface area (Å²) in [4.78, 5) is 50.5. The minimum atomic E-state index is -0.620. The number of hydrogen-bond donors (Lipinski definition) is 1. The molecule has 0 spiro atoms. The normalized spacial score (nSPS) is 13.6. The zero-order valence-corrected chi connectivity index (χ0v) is 16.1. The van der Waals surface area contributed by atoms with Gasteiger partial charge >= 0.3 is 5.97 Å². The summed E-state index contributed by atoms with van der Waals surface area (Å²) in [5.41, 5.74) is 0.478. The van der Waals surface area contributed by atoms with E-state index in [1.807, 2.05) is 0 Å². The average Bonchev–Trinajstić information content (AvgIpc) is 2.70. The number of hydrogen-bond acceptors (Lipinski definition) is 6. The molecule has 2 rings (SSSR count). The maximum absolute atomic E-state index is 12.2. The van der Waals surface area contributed by atoms with Gasteiger partial charge in [0.25, 0.3) is 5.91 Å². The number of rotatable bonds is 7. The van der Waals surface area contributed by atoms with Gasteiger partial charge in [-0.05, 0) is 12.1 Å². The minimum absolute atomic E-state index is 0.00698. The van der Waals surface area contributed by atoms with Crippen molar-refractivity contribution < 1.29 is 28.7 Å². The number of carbonyl (C=O) groups is 4. The Morgan fingerprint density at radius 2 is 1.64 bits per heavy atom. The number of para-hydroxylation sites is 2. The van der Waals surface area contributed by atoms with Crippen LogP contribution >= 0.6 is 0 Å². The Morgan fingerprint density at radius 1 is 1.00 bits per heavy atom. The first-order chi connectivity index (χ1) is 13.4. The molecule has 0 aliphatic carbocycles. The first kappa shape index (κ1) is 21.2. The van der Waals surface area contributed by atoms with E-state index in [1.165, 1.54) is 14.0 Å². The lowest BCUT2D eigenvalue weighted by Gasteiger charge is -2.34. The molecule has 0 unspecified atom stereocenters. The highest BCUT2D eigenvalue weighted by atomic mass is 16.5. The quantitative estimate of drug-likeness (QED) is 0.684. The third kappa shape index (κ3) is 6.26. The summed E-state index contributed by atoms with van der Waals surface area (Å²) < 4.78 is 10.0. The Balaban J connectivity index is 1.67. The van der Waals surface area contributed by atoms with E-state index < -0.39 is 18.5 Å². The number of nitrogens with zero attached hydrogens (tertiary/aromatic N) is 2. The van der Waals surface area contributed by atoms with Gasteiger partial charge < -0.3 is 24.6 Å². The summed E-state index contributed by atoms with van der Waals surface area (Å²) in [5.74, 6) is -0.797. The largest absolute Gasteiger partial charge is 0.495 e. The number of benzene rings is 1. The van der Waals surface area contributed by atoms with Crippen LogP contribution in [0.2, 0.25) is 0 Å². The van der Waals surface area contributed by atoms with Crippen LogP contribution in [0.1, 0.15) is 19.8 Å². The molecule has 152 valence electrons. The average molecular weight is 391 g/mol. The van der Waals surface area contributed by atoms with E-state index in [9.17, 15) is 19.2 Å². The number of nitrogens with one attached hydrogen (secondary N) is 1. The SMILES string of the molecule is COc1ccccc1NC(=O)COC(=O)CCC(=O)N1CCN(C(C)=O)CC1. The van der Waals surface area contributed by atoms with E-state index in [4.69, 9.17) is 9.47 Å². The summed E-state index contributed by atoms with van der Waals surface area (Å²) in [5, 5.41) is 2.60. The van der Waals surface area contributed by atoms with E-state index in [2.05, 4.69) is 5.32 Å². The number of methoxy groups -OCH3 is 1. The lowest BCUT2D eigenvalue weighted by Crippen LogP contribution is -2.50. The predicted molar refractivity (Wildman–Crippen MR) is 101 cm³/mol. The monoisotopic (exact) mass is 391 g/mol. The van der Waals surface area contributed by atoms with Crippen molar-refractivity contribution in [3.63, 3.8) is 0 Å². The standard InChI is InChI=1S/C19H25N3O6/c1-14(23)21-9-11-22(12-10-21)18(25)7-8-19(26)28-13-17(24)20-15-5-3-4-6-16(15)27-2/h3-6H,7-13H2,1-2H3,(H,20,24). The van der Waals surface area contributed by atoms with E-state index in [0.29, 0.717) is 37.6 Å². The van der Waals surface area contributed by atoms with Gasteiger partial charge in [-0.25, -0.2) is 0 Å². The molecule has 9 nitrogen and oxygen atoms in total. The minimum Gasteiger partial charge on any atom is -0.495 e. The highest BCUT2D eigenvalue weighted by Gasteiger charge is 2.22. The van der Waals surface area contributed by atoms with Gasteiger partial charge in [0, 0.05) is 39.5 Å². The van der Waals surface area contributed by atoms with Crippen LogP contribution in [-0.4, -0.2) is 73.4 Å². The maximum Gasteiger partial charge on any atom is 0.306 e. The summed E-state index contributed by atoms with van der Waals surface area (Å²) in [7, 11) is 1.49. The molecule has 0 aromatic heterocycles. The van der Waals surface area contributed by atoms with Crippen molar-refractivity contribution >= 4 is 29.4 Å². The van der Waals surface area contributed by atoms with Gasteiger partial charge in [0.05, 0.1) is 19.2 Å². The summed E-state index contributed by atoms with van der Waals surface area (Å²) in [6, 6.07) is 6.88. The van der Waals surface area contributed by atoms with Gasteiger partial charge in [-0.1, -0.05) is 12.1 Å². The molecule has 1 saturated heterocycles. The summed E-state index contributed by atoms with van der Waals surface area (Å²) in [6.07, 6.45) is -0.0965. The van der Waals surface area contributed by atoms with Crippen LogP contribution in [0, 0.1) is 0 Å². The number of ether oxygens (including phenoxy) is 2. The zero-order valence-electron chi connectivity index (χ0n) is 16.1. The molecule has 0 bridgehead atoms. The third-order valence-corrected chi connectivity index (χ3v) is 4.37. The van der Waals surface area contributed by atoms with Crippen LogP contribution in [0.5, 0.6) is 5.75 Å². The molecule has 1 heterocycles. The molecule has 28 heavy (non-hydrogen) atoms. The molecule has 3 amide bonds. The molecule has 0 atom stereocenters. The van der Waals surface area contributed by atoms with Crippen molar-refractivity contribution in [2.24, 2.45) is 0 Å². The number of piperazine rings is 1. The Bertz CT molecular complexity index is 728. The fourth-order valence-corrected chi connectivity index (χ4v) is 2.79. The molecule has 1 aliphatic heterocycles. The Kier molecular flexibility index (Phi) is 7.79. The highest BCUT2D eigenvalue weighted by molar-refractivity contribution is 5.94. The smallest absolute Gasteiger partial charge is 0.306 e. The second-order valence-electron chi connectivity index (χ2n) is 6.30. The number of amides is 3. The van der Waals surface area contributed by atoms with Crippen LogP contribution in [0.4, 0.5) is 5.69 Å². The molecule has 1 fully saturated rings. The van der Waals surface area contributed by atoms with E-state index in [1.54, 1.807) is 34.1 Å². The van der Waals surface area contributed by atoms with E-state index in [-0.39, 0.29) is 24.7 Å². The Labute approximate surface area is 163 Å². The van der Waals surface area contributed by atoms with Gasteiger partial charge in [-0.2, -0.15) is 0 Å². The van der Waals surface area contributed by atoms with Crippen LogP contribution in [0.3, 0.4) is 0 Å². The highest BCUT2D eigenvalue weighted by Crippen LogP contribution is 2.22. The first-order valence-electron chi connectivity index (χ1n) is 9.02. The third-order valence-electron chi connectivity index (χ3n) is 4.37. The molecule has 0 radical (unpaired) electrons. The lowest BCUT2D eigenvalue weighted by molar-refractivity contribution is -0.149. The van der Waals surface area contributed by atoms with Crippen molar-refractivity contribution in [1.29, 1.82) is 0 Å². The second-order valence-corrected chi connectivity index (χ2v) is 6.30. The van der Waals surface area contributed by atoms with Crippen LogP contribution in [0.25, 0.3) is 0 Å². The Hall–Kier alpha value is -3.10. The second kappa shape index (κ2) is 10.3. The molecular weight excluding hydrogens is 366 g/mol. The molecule has 1 aromatic rings. The van der Waals surface area contributed by atoms with Crippen molar-refractivity contribution in [1.82, 2.24) is 9.80 Å². The van der Waals surface area contributed by atoms with Crippen molar-refractivity contribution in [2.75, 3.05) is 45.2 Å². The number of anilines is 1. The zero-order chi connectivity index (χ0) is 20.5. The predicted octanol–water partition coefficient (Wildman–Crippen LogP) is 0.648. The van der Waals surface area contributed by atoms with Gasteiger partial charge in [-0.3, -0.25) is 19.2 Å².